The number of carbonyl (C=O) groups is 1. The Labute approximate surface area is 183 Å². The van der Waals surface area contributed by atoms with Crippen molar-refractivity contribution in [1.82, 2.24) is 20.4 Å². The largest absolute Gasteiger partial charge is 0.335 e. The Balaban J connectivity index is 1.31. The first-order valence-corrected chi connectivity index (χ1v) is 10.7. The minimum Gasteiger partial charge on any atom is -0.335 e. The number of halogens is 1. The van der Waals surface area contributed by atoms with Crippen molar-refractivity contribution in [1.29, 1.82) is 5.26 Å². The molecule has 2 aliphatic rings. The summed E-state index contributed by atoms with van der Waals surface area (Å²) in [5, 5.41) is 20.5. The van der Waals surface area contributed by atoms with Crippen molar-refractivity contribution in [3.8, 4) is 6.07 Å². The van der Waals surface area contributed by atoms with Gasteiger partial charge in [-0.1, -0.05) is 24.3 Å². The van der Waals surface area contributed by atoms with Gasteiger partial charge in [0.05, 0.1) is 28.8 Å². The highest BCUT2D eigenvalue weighted by atomic mass is 19.1. The van der Waals surface area contributed by atoms with Crippen molar-refractivity contribution in [2.75, 3.05) is 13.1 Å². The van der Waals surface area contributed by atoms with Gasteiger partial charge in [-0.25, -0.2) is 9.49 Å². The number of benzene rings is 2. The van der Waals surface area contributed by atoms with Gasteiger partial charge >= 0.3 is 0 Å². The third-order valence-corrected chi connectivity index (χ3v) is 6.22. The average Bonchev–Trinajstić information content (AvgIpc) is 3.61. The molecule has 0 spiro atoms. The zero-order chi connectivity index (χ0) is 22.2. The van der Waals surface area contributed by atoms with Gasteiger partial charge in [0, 0.05) is 30.9 Å². The van der Waals surface area contributed by atoms with Crippen LogP contribution >= 0.6 is 0 Å². The lowest BCUT2D eigenvalue weighted by molar-refractivity contribution is 0.0552. The van der Waals surface area contributed by atoms with Crippen LogP contribution in [0.2, 0.25) is 0 Å². The maximum Gasteiger partial charge on any atom is 0.272 e. The first-order chi connectivity index (χ1) is 15.5. The van der Waals surface area contributed by atoms with Gasteiger partial charge in [-0.3, -0.25) is 14.9 Å². The van der Waals surface area contributed by atoms with Gasteiger partial charge in [0.25, 0.3) is 11.5 Å². The number of aromatic nitrogens is 2. The number of carbonyl (C=O) groups excluding carboxylic acids is 1. The van der Waals surface area contributed by atoms with Crippen LogP contribution in [0.4, 0.5) is 4.39 Å². The summed E-state index contributed by atoms with van der Waals surface area (Å²) in [6.07, 6.45) is 2.49. The molecule has 1 aromatic heterocycles. The normalized spacial score (nSPS) is 17.1. The molecule has 1 amide bonds. The van der Waals surface area contributed by atoms with E-state index in [-0.39, 0.29) is 29.1 Å². The summed E-state index contributed by atoms with van der Waals surface area (Å²) >= 11 is 0. The molecule has 1 aliphatic carbocycles. The van der Waals surface area contributed by atoms with Crippen LogP contribution in [0, 0.1) is 23.1 Å². The number of hydrogen-bond donors (Lipinski definition) is 2. The van der Waals surface area contributed by atoms with E-state index >= 15 is 0 Å². The first kappa shape index (κ1) is 20.3. The number of rotatable bonds is 6. The number of H-pyrrole nitrogens is 1. The predicted octanol–water partition coefficient (Wildman–Crippen LogP) is 2.37. The standard InChI is InChI=1S/C24H22FN5O2/c25-20-8-5-14(10-21-17-3-1-2-4-18(17)23(31)29-28-21)9-19(20)24(32)30-12-16(13-30)27-22(11-26)15-6-7-15/h1-5,8-9,15-16,22,27H,6-7,10,12-13H2,(H,29,31). The molecule has 1 aliphatic heterocycles. The van der Waals surface area contributed by atoms with Crippen molar-refractivity contribution >= 4 is 16.7 Å². The van der Waals surface area contributed by atoms with E-state index in [1.807, 2.05) is 12.1 Å². The molecule has 2 heterocycles. The highest BCUT2D eigenvalue weighted by Gasteiger charge is 2.38. The topological polar surface area (TPSA) is 102 Å². The van der Waals surface area contributed by atoms with E-state index in [0.717, 1.165) is 23.8 Å². The summed E-state index contributed by atoms with van der Waals surface area (Å²) in [5.41, 5.74) is 1.14. The van der Waals surface area contributed by atoms with Crippen molar-refractivity contribution in [2.45, 2.75) is 31.3 Å². The van der Waals surface area contributed by atoms with E-state index in [1.165, 1.54) is 6.07 Å². The highest BCUT2D eigenvalue weighted by molar-refractivity contribution is 5.95. The number of nitrogens with zero attached hydrogens (tertiary/aromatic N) is 3. The average molecular weight is 431 g/mol. The second kappa shape index (κ2) is 8.17. The van der Waals surface area contributed by atoms with E-state index in [0.29, 0.717) is 36.5 Å². The molecule has 1 saturated carbocycles. The Bertz CT molecular complexity index is 1290. The molecule has 0 radical (unpaired) electrons. The lowest BCUT2D eigenvalue weighted by Gasteiger charge is -2.40. The van der Waals surface area contributed by atoms with Crippen LogP contribution in [0.5, 0.6) is 0 Å². The van der Waals surface area contributed by atoms with E-state index in [9.17, 15) is 19.2 Å². The van der Waals surface area contributed by atoms with Crippen molar-refractivity contribution < 1.29 is 9.18 Å². The third kappa shape index (κ3) is 3.87. The Morgan fingerprint density at radius 1 is 1.25 bits per heavy atom. The molecule has 1 atom stereocenters. The van der Waals surface area contributed by atoms with Crippen LogP contribution in [0.25, 0.3) is 10.8 Å². The van der Waals surface area contributed by atoms with Crippen LogP contribution in [0.15, 0.2) is 47.3 Å². The number of nitrogens with one attached hydrogen (secondary N) is 2. The first-order valence-electron chi connectivity index (χ1n) is 10.7. The number of amides is 1. The molecule has 32 heavy (non-hydrogen) atoms. The summed E-state index contributed by atoms with van der Waals surface area (Å²) < 4.78 is 14.5. The monoisotopic (exact) mass is 431 g/mol. The van der Waals surface area contributed by atoms with Gasteiger partial charge in [-0.05, 0) is 42.5 Å². The number of fused-ring (bicyclic) bond motifs is 1. The van der Waals surface area contributed by atoms with Crippen LogP contribution in [0.1, 0.15) is 34.5 Å². The summed E-state index contributed by atoms with van der Waals surface area (Å²) in [6, 6.07) is 13.8. The van der Waals surface area contributed by atoms with Crippen LogP contribution in [-0.4, -0.2) is 46.2 Å². The van der Waals surface area contributed by atoms with Gasteiger partial charge < -0.3 is 4.90 Å². The van der Waals surface area contributed by atoms with E-state index in [1.54, 1.807) is 29.2 Å². The fourth-order valence-electron chi connectivity index (χ4n) is 4.23. The number of likely N-dealkylation sites (tertiary alicyclic amines) is 1. The number of nitriles is 1. The molecule has 2 aromatic carbocycles. The fraction of sp³-hybridized carbons (Fsp3) is 0.333. The lowest BCUT2D eigenvalue weighted by atomic mass is 10.00. The molecular formula is C24H22FN5O2. The van der Waals surface area contributed by atoms with Gasteiger partial charge in [-0.2, -0.15) is 10.4 Å². The van der Waals surface area contributed by atoms with Gasteiger partial charge in [-0.15, -0.1) is 0 Å². The third-order valence-electron chi connectivity index (χ3n) is 6.22. The van der Waals surface area contributed by atoms with Crippen LogP contribution < -0.4 is 10.9 Å². The van der Waals surface area contributed by atoms with Gasteiger partial charge in [0.1, 0.15) is 5.82 Å². The molecule has 2 fully saturated rings. The second-order valence-electron chi connectivity index (χ2n) is 8.55. The molecule has 162 valence electrons. The van der Waals surface area contributed by atoms with Crippen LogP contribution in [0.3, 0.4) is 0 Å². The molecule has 8 heteroatoms. The quantitative estimate of drug-likeness (QED) is 0.624. The molecular weight excluding hydrogens is 409 g/mol. The summed E-state index contributed by atoms with van der Waals surface area (Å²) in [4.78, 5) is 26.5. The van der Waals surface area contributed by atoms with E-state index in [2.05, 4.69) is 21.6 Å². The highest BCUT2D eigenvalue weighted by Crippen LogP contribution is 2.33. The summed E-state index contributed by atoms with van der Waals surface area (Å²) in [7, 11) is 0. The number of aromatic amines is 1. The Kier molecular flexibility index (Phi) is 5.19. The molecule has 2 N–H and O–H groups in total. The molecule has 7 nitrogen and oxygen atoms in total. The number of hydrogen-bond acceptors (Lipinski definition) is 5. The van der Waals surface area contributed by atoms with E-state index < -0.39 is 5.82 Å². The Hall–Kier alpha value is -3.57. The Morgan fingerprint density at radius 3 is 2.72 bits per heavy atom. The Morgan fingerprint density at radius 2 is 2.00 bits per heavy atom. The second-order valence-corrected chi connectivity index (χ2v) is 8.55. The smallest absolute Gasteiger partial charge is 0.272 e. The van der Waals surface area contributed by atoms with Gasteiger partial charge in [0.2, 0.25) is 0 Å². The molecule has 1 unspecified atom stereocenters. The summed E-state index contributed by atoms with van der Waals surface area (Å²) in [6.45, 7) is 0.916. The van der Waals surface area contributed by atoms with Crippen molar-refractivity contribution in [2.24, 2.45) is 5.92 Å². The van der Waals surface area contributed by atoms with Crippen molar-refractivity contribution in [3.05, 3.63) is 75.5 Å². The predicted molar refractivity (Wildman–Crippen MR) is 117 cm³/mol. The van der Waals surface area contributed by atoms with Crippen LogP contribution in [-0.2, 0) is 6.42 Å². The van der Waals surface area contributed by atoms with Gasteiger partial charge in [0.15, 0.2) is 0 Å². The maximum atomic E-state index is 14.5. The molecule has 0 bridgehead atoms. The van der Waals surface area contributed by atoms with Crippen molar-refractivity contribution in [3.63, 3.8) is 0 Å². The zero-order valence-electron chi connectivity index (χ0n) is 17.3. The fourth-order valence-corrected chi connectivity index (χ4v) is 4.23. The SMILES string of the molecule is N#CC(NC1CN(C(=O)c2cc(Cc3n[nH]c(=O)c4ccccc34)ccc2F)C1)C1CC1. The molecule has 1 saturated heterocycles. The minimum atomic E-state index is -0.567. The molecule has 3 aromatic rings. The van der Waals surface area contributed by atoms with E-state index in [4.69, 9.17) is 0 Å². The lowest BCUT2D eigenvalue weighted by Crippen LogP contribution is -2.61. The maximum absolute atomic E-state index is 14.5. The minimum absolute atomic E-state index is 0.0220. The zero-order valence-corrected chi connectivity index (χ0v) is 17.3. The summed E-state index contributed by atoms with van der Waals surface area (Å²) in [5.74, 6) is -0.513. The molecule has 5 rings (SSSR count).